The molecular formula is C19H17ClF3N3. The minimum Gasteiger partial charge on any atom is -0.363 e. The summed E-state index contributed by atoms with van der Waals surface area (Å²) in [6.07, 6.45) is -3.58. The van der Waals surface area contributed by atoms with Crippen LogP contribution in [0.1, 0.15) is 23.1 Å². The lowest BCUT2D eigenvalue weighted by atomic mass is 10.0. The van der Waals surface area contributed by atoms with E-state index in [1.807, 2.05) is 11.0 Å². The molecule has 2 aromatic rings. The van der Waals surface area contributed by atoms with Crippen molar-refractivity contribution in [3.8, 4) is 6.07 Å². The highest BCUT2D eigenvalue weighted by atomic mass is 35.5. The van der Waals surface area contributed by atoms with Crippen molar-refractivity contribution in [3.05, 3.63) is 64.2 Å². The maximum atomic E-state index is 13.4. The lowest BCUT2D eigenvalue weighted by molar-refractivity contribution is -0.138. The van der Waals surface area contributed by atoms with E-state index in [0.29, 0.717) is 22.8 Å². The standard InChI is InChI=1S/C19H17ClF3N3/c20-18-9-15(6-5-13(18)10-24)26(16-7-8-25-11-16)12-14-3-1-2-4-17(14)19(21,22)23/h1-6,9,16,25H,7-8,11-12H2. The van der Waals surface area contributed by atoms with Crippen LogP contribution in [0.4, 0.5) is 18.9 Å². The number of benzene rings is 2. The molecule has 0 amide bonds. The van der Waals surface area contributed by atoms with Gasteiger partial charge in [0.15, 0.2) is 0 Å². The first-order valence-electron chi connectivity index (χ1n) is 8.22. The van der Waals surface area contributed by atoms with Crippen LogP contribution in [0, 0.1) is 11.3 Å². The summed E-state index contributed by atoms with van der Waals surface area (Å²) in [7, 11) is 0. The molecule has 3 nitrogen and oxygen atoms in total. The molecule has 0 aromatic heterocycles. The monoisotopic (exact) mass is 379 g/mol. The molecule has 2 aromatic carbocycles. The van der Waals surface area contributed by atoms with Gasteiger partial charge in [0.2, 0.25) is 0 Å². The summed E-state index contributed by atoms with van der Waals surface area (Å²) < 4.78 is 40.1. The zero-order valence-corrected chi connectivity index (χ0v) is 14.6. The van der Waals surface area contributed by atoms with Gasteiger partial charge < -0.3 is 10.2 Å². The average molecular weight is 380 g/mol. The van der Waals surface area contributed by atoms with Crippen molar-refractivity contribution in [2.45, 2.75) is 25.2 Å². The van der Waals surface area contributed by atoms with Crippen molar-refractivity contribution in [1.82, 2.24) is 5.32 Å². The summed E-state index contributed by atoms with van der Waals surface area (Å²) >= 11 is 6.14. The van der Waals surface area contributed by atoms with Gasteiger partial charge in [-0.25, -0.2) is 0 Å². The summed E-state index contributed by atoms with van der Waals surface area (Å²) in [6, 6.07) is 12.7. The molecule has 26 heavy (non-hydrogen) atoms. The Morgan fingerprint density at radius 1 is 1.23 bits per heavy atom. The SMILES string of the molecule is N#Cc1ccc(N(Cc2ccccc2C(F)(F)F)C2CCNC2)cc1Cl. The fourth-order valence-corrected chi connectivity index (χ4v) is 3.45. The molecule has 1 fully saturated rings. The van der Waals surface area contributed by atoms with Crippen molar-refractivity contribution in [2.75, 3.05) is 18.0 Å². The second-order valence-electron chi connectivity index (χ2n) is 6.21. The van der Waals surface area contributed by atoms with Gasteiger partial charge in [-0.15, -0.1) is 0 Å². The Hall–Kier alpha value is -2.23. The van der Waals surface area contributed by atoms with Gasteiger partial charge in [-0.1, -0.05) is 29.8 Å². The molecule has 1 heterocycles. The zero-order valence-electron chi connectivity index (χ0n) is 13.9. The third kappa shape index (κ3) is 3.95. The highest BCUT2D eigenvalue weighted by molar-refractivity contribution is 6.32. The van der Waals surface area contributed by atoms with E-state index in [2.05, 4.69) is 5.32 Å². The number of anilines is 1. The van der Waals surface area contributed by atoms with Crippen LogP contribution in [0.3, 0.4) is 0 Å². The lowest BCUT2D eigenvalue weighted by Gasteiger charge is -2.32. The van der Waals surface area contributed by atoms with Gasteiger partial charge in [0.25, 0.3) is 0 Å². The topological polar surface area (TPSA) is 39.1 Å². The molecule has 1 aliphatic heterocycles. The smallest absolute Gasteiger partial charge is 0.363 e. The number of nitriles is 1. The molecule has 1 N–H and O–H groups in total. The molecular weight excluding hydrogens is 363 g/mol. The van der Waals surface area contributed by atoms with E-state index in [-0.39, 0.29) is 18.2 Å². The Morgan fingerprint density at radius 2 is 2.00 bits per heavy atom. The lowest BCUT2D eigenvalue weighted by Crippen LogP contribution is -2.37. The first kappa shape index (κ1) is 18.6. The van der Waals surface area contributed by atoms with E-state index in [1.165, 1.54) is 12.1 Å². The van der Waals surface area contributed by atoms with E-state index in [9.17, 15) is 13.2 Å². The minimum atomic E-state index is -4.40. The van der Waals surface area contributed by atoms with Crippen molar-refractivity contribution in [1.29, 1.82) is 5.26 Å². The van der Waals surface area contributed by atoms with Gasteiger partial charge in [-0.3, -0.25) is 0 Å². The van der Waals surface area contributed by atoms with Crippen LogP contribution >= 0.6 is 11.6 Å². The van der Waals surface area contributed by atoms with Crippen LogP contribution in [0.5, 0.6) is 0 Å². The predicted octanol–water partition coefficient (Wildman–Crippen LogP) is 4.60. The molecule has 7 heteroatoms. The van der Waals surface area contributed by atoms with Gasteiger partial charge in [0.1, 0.15) is 6.07 Å². The molecule has 1 unspecified atom stereocenters. The zero-order chi connectivity index (χ0) is 18.7. The Balaban J connectivity index is 1.99. The van der Waals surface area contributed by atoms with Crippen LogP contribution in [0.25, 0.3) is 0 Å². The minimum absolute atomic E-state index is 0.0558. The van der Waals surface area contributed by atoms with E-state index < -0.39 is 11.7 Å². The van der Waals surface area contributed by atoms with Gasteiger partial charge in [-0.2, -0.15) is 18.4 Å². The third-order valence-electron chi connectivity index (χ3n) is 4.54. The fourth-order valence-electron chi connectivity index (χ4n) is 3.23. The quantitative estimate of drug-likeness (QED) is 0.843. The Kier molecular flexibility index (Phi) is 5.40. The van der Waals surface area contributed by atoms with Crippen LogP contribution < -0.4 is 10.2 Å². The van der Waals surface area contributed by atoms with Crippen LogP contribution in [0.2, 0.25) is 5.02 Å². The molecule has 0 bridgehead atoms. The van der Waals surface area contributed by atoms with E-state index in [4.69, 9.17) is 16.9 Å². The number of alkyl halides is 3. The molecule has 1 saturated heterocycles. The van der Waals surface area contributed by atoms with E-state index in [0.717, 1.165) is 19.0 Å². The molecule has 0 aliphatic carbocycles. The molecule has 136 valence electrons. The number of hydrogen-bond donors (Lipinski definition) is 1. The maximum Gasteiger partial charge on any atom is 0.416 e. The van der Waals surface area contributed by atoms with Crippen LogP contribution in [-0.4, -0.2) is 19.1 Å². The Labute approximate surface area is 155 Å². The largest absolute Gasteiger partial charge is 0.416 e. The summed E-state index contributed by atoms with van der Waals surface area (Å²) in [5.41, 5.74) is 0.637. The molecule has 3 rings (SSSR count). The highest BCUT2D eigenvalue weighted by Crippen LogP contribution is 2.34. The van der Waals surface area contributed by atoms with Crippen LogP contribution in [-0.2, 0) is 12.7 Å². The van der Waals surface area contributed by atoms with Crippen molar-refractivity contribution in [2.24, 2.45) is 0 Å². The van der Waals surface area contributed by atoms with Crippen molar-refractivity contribution < 1.29 is 13.2 Å². The van der Waals surface area contributed by atoms with Crippen LogP contribution in [0.15, 0.2) is 42.5 Å². The van der Waals surface area contributed by atoms with E-state index in [1.54, 1.807) is 24.3 Å². The molecule has 0 saturated carbocycles. The van der Waals surface area contributed by atoms with Gasteiger partial charge in [0.05, 0.1) is 16.1 Å². The number of rotatable bonds is 4. The third-order valence-corrected chi connectivity index (χ3v) is 4.86. The maximum absolute atomic E-state index is 13.4. The average Bonchev–Trinajstić information content (AvgIpc) is 3.13. The Bertz CT molecular complexity index is 824. The molecule has 0 radical (unpaired) electrons. The second-order valence-corrected chi connectivity index (χ2v) is 6.61. The molecule has 1 aliphatic rings. The highest BCUT2D eigenvalue weighted by Gasteiger charge is 2.34. The molecule has 0 spiro atoms. The normalized spacial score (nSPS) is 17.1. The predicted molar refractivity (Wildman–Crippen MR) is 95.1 cm³/mol. The molecule has 1 atom stereocenters. The van der Waals surface area contributed by atoms with Gasteiger partial charge >= 0.3 is 6.18 Å². The summed E-state index contributed by atoms with van der Waals surface area (Å²) in [6.45, 7) is 1.61. The number of nitrogens with zero attached hydrogens (tertiary/aromatic N) is 2. The van der Waals surface area contributed by atoms with E-state index >= 15 is 0 Å². The van der Waals surface area contributed by atoms with Crippen molar-refractivity contribution >= 4 is 17.3 Å². The number of hydrogen-bond acceptors (Lipinski definition) is 3. The fraction of sp³-hybridized carbons (Fsp3) is 0.316. The summed E-state index contributed by atoms with van der Waals surface area (Å²) in [5, 5.41) is 12.6. The van der Waals surface area contributed by atoms with Gasteiger partial charge in [0, 0.05) is 24.8 Å². The number of halogens is 4. The van der Waals surface area contributed by atoms with Gasteiger partial charge in [-0.05, 0) is 42.8 Å². The number of nitrogens with one attached hydrogen (secondary N) is 1. The first-order chi connectivity index (χ1) is 12.4. The summed E-state index contributed by atoms with van der Waals surface area (Å²) in [4.78, 5) is 1.93. The summed E-state index contributed by atoms with van der Waals surface area (Å²) in [5.74, 6) is 0. The first-order valence-corrected chi connectivity index (χ1v) is 8.60. The van der Waals surface area contributed by atoms with Crippen molar-refractivity contribution in [3.63, 3.8) is 0 Å². The second kappa shape index (κ2) is 7.56. The Morgan fingerprint density at radius 3 is 2.62 bits per heavy atom.